The first-order valence-electron chi connectivity index (χ1n) is 11.0. The Labute approximate surface area is 200 Å². The molecule has 170 valence electrons. The number of para-hydroxylation sites is 3. The van der Waals surface area contributed by atoms with Crippen LogP contribution >= 0.6 is 0 Å². The minimum atomic E-state index is -1.15. The zero-order valence-electron chi connectivity index (χ0n) is 18.3. The van der Waals surface area contributed by atoms with Gasteiger partial charge in [0.05, 0.1) is 11.4 Å². The topological polar surface area (TPSA) is 43.3 Å². The predicted octanol–water partition coefficient (Wildman–Crippen LogP) is 7.75. The van der Waals surface area contributed by atoms with E-state index < -0.39 is 11.6 Å². The lowest BCUT2D eigenvalue weighted by Gasteiger charge is -2.24. The second-order valence-corrected chi connectivity index (χ2v) is 8.19. The molecule has 5 aromatic rings. The lowest BCUT2D eigenvalue weighted by Crippen LogP contribution is -2.03. The summed E-state index contributed by atoms with van der Waals surface area (Å²) in [5.41, 5.74) is 5.98. The standard InChI is InChI=1S/C29H18F2N2O2/c30-23-16-33(25(17-34)28(23)31)21-14-12-19(13-15-21)18-8-10-20(11-9-18)22-4-3-7-27-29(22)32-24-5-1-2-6-26(24)35-27/h1-17,32H. The summed E-state index contributed by atoms with van der Waals surface area (Å²) in [6.07, 6.45) is 1.28. The van der Waals surface area contributed by atoms with Crippen LogP contribution in [0.25, 0.3) is 27.9 Å². The van der Waals surface area contributed by atoms with Gasteiger partial charge in [-0.05, 0) is 47.0 Å². The number of benzene rings is 4. The van der Waals surface area contributed by atoms with Gasteiger partial charge in [-0.25, -0.2) is 8.78 Å². The summed E-state index contributed by atoms with van der Waals surface area (Å²) >= 11 is 0. The average Bonchev–Trinajstić information content (AvgIpc) is 3.20. The van der Waals surface area contributed by atoms with Crippen LogP contribution in [0.4, 0.5) is 20.2 Å². The first kappa shape index (κ1) is 20.9. The molecule has 6 heteroatoms. The quantitative estimate of drug-likeness (QED) is 0.271. The molecule has 0 saturated heterocycles. The van der Waals surface area contributed by atoms with E-state index in [2.05, 4.69) is 5.32 Å². The van der Waals surface area contributed by atoms with Crippen LogP contribution in [-0.2, 0) is 0 Å². The summed E-state index contributed by atoms with van der Waals surface area (Å²) in [5.74, 6) is -0.639. The van der Waals surface area contributed by atoms with E-state index in [4.69, 9.17) is 4.74 Å². The summed E-state index contributed by atoms with van der Waals surface area (Å²) < 4.78 is 34.7. The third-order valence-corrected chi connectivity index (χ3v) is 6.12. The number of nitrogens with zero attached hydrogens (tertiary/aromatic N) is 1. The molecule has 1 aliphatic rings. The van der Waals surface area contributed by atoms with E-state index in [0.29, 0.717) is 12.0 Å². The number of hydrogen-bond donors (Lipinski definition) is 1. The third-order valence-electron chi connectivity index (χ3n) is 6.12. The fourth-order valence-corrected chi connectivity index (χ4v) is 4.34. The molecule has 0 amide bonds. The van der Waals surface area contributed by atoms with Gasteiger partial charge in [0.15, 0.2) is 29.4 Å². The number of hydrogen-bond acceptors (Lipinski definition) is 3. The third kappa shape index (κ3) is 3.56. The number of anilines is 2. The van der Waals surface area contributed by atoms with Crippen molar-refractivity contribution in [3.05, 3.63) is 115 Å². The molecule has 2 heterocycles. The summed E-state index contributed by atoms with van der Waals surface area (Å²) in [6.45, 7) is 0. The van der Waals surface area contributed by atoms with Crippen LogP contribution in [0.5, 0.6) is 11.5 Å². The molecule has 0 unspecified atom stereocenters. The molecule has 0 radical (unpaired) electrons. The normalized spacial score (nSPS) is 11.7. The Kier molecular flexibility index (Phi) is 4.92. The minimum Gasteiger partial charge on any atom is -0.453 e. The maximum atomic E-state index is 13.8. The summed E-state index contributed by atoms with van der Waals surface area (Å²) in [5, 5.41) is 3.49. The molecule has 1 aliphatic heterocycles. The monoisotopic (exact) mass is 464 g/mol. The highest BCUT2D eigenvalue weighted by Gasteiger charge is 2.20. The van der Waals surface area contributed by atoms with Crippen molar-refractivity contribution in [1.82, 2.24) is 4.57 Å². The fraction of sp³-hybridized carbons (Fsp3) is 0. The molecule has 0 bridgehead atoms. The van der Waals surface area contributed by atoms with Gasteiger partial charge >= 0.3 is 0 Å². The van der Waals surface area contributed by atoms with Crippen molar-refractivity contribution in [2.45, 2.75) is 0 Å². The number of fused-ring (bicyclic) bond motifs is 2. The van der Waals surface area contributed by atoms with Gasteiger partial charge in [0.2, 0.25) is 0 Å². The average molecular weight is 464 g/mol. The van der Waals surface area contributed by atoms with Crippen molar-refractivity contribution in [1.29, 1.82) is 0 Å². The van der Waals surface area contributed by atoms with Gasteiger partial charge in [0, 0.05) is 17.4 Å². The molecule has 35 heavy (non-hydrogen) atoms. The number of carbonyl (C=O) groups excluding carboxylic acids is 1. The van der Waals surface area contributed by atoms with Gasteiger partial charge in [-0.2, -0.15) is 0 Å². The molecule has 0 spiro atoms. The number of nitrogens with one attached hydrogen (secondary N) is 1. The van der Waals surface area contributed by atoms with Crippen molar-refractivity contribution in [2.24, 2.45) is 0 Å². The zero-order chi connectivity index (χ0) is 23.9. The maximum Gasteiger partial charge on any atom is 0.187 e. The Morgan fingerprint density at radius 2 is 1.40 bits per heavy atom. The smallest absolute Gasteiger partial charge is 0.187 e. The molecular weight excluding hydrogens is 446 g/mol. The van der Waals surface area contributed by atoms with Crippen molar-refractivity contribution in [2.75, 3.05) is 5.32 Å². The predicted molar refractivity (Wildman–Crippen MR) is 132 cm³/mol. The fourth-order valence-electron chi connectivity index (χ4n) is 4.34. The maximum absolute atomic E-state index is 13.8. The first-order valence-corrected chi connectivity index (χ1v) is 11.0. The van der Waals surface area contributed by atoms with Crippen LogP contribution in [0.15, 0.2) is 97.2 Å². The van der Waals surface area contributed by atoms with E-state index in [0.717, 1.165) is 51.3 Å². The molecule has 1 N–H and O–H groups in total. The number of aromatic nitrogens is 1. The molecule has 6 rings (SSSR count). The van der Waals surface area contributed by atoms with E-state index in [9.17, 15) is 13.6 Å². The van der Waals surface area contributed by atoms with E-state index in [-0.39, 0.29) is 5.69 Å². The van der Waals surface area contributed by atoms with E-state index in [1.807, 2.05) is 78.9 Å². The van der Waals surface area contributed by atoms with Crippen molar-refractivity contribution >= 4 is 17.7 Å². The van der Waals surface area contributed by atoms with Gasteiger partial charge < -0.3 is 14.6 Å². The summed E-state index contributed by atoms with van der Waals surface area (Å²) in [6, 6.07) is 29.1. The highest BCUT2D eigenvalue weighted by Crippen LogP contribution is 2.46. The largest absolute Gasteiger partial charge is 0.453 e. The van der Waals surface area contributed by atoms with E-state index in [1.165, 1.54) is 4.57 Å². The second-order valence-electron chi connectivity index (χ2n) is 8.19. The van der Waals surface area contributed by atoms with Gasteiger partial charge in [0.1, 0.15) is 5.69 Å². The lowest BCUT2D eigenvalue weighted by atomic mass is 9.98. The van der Waals surface area contributed by atoms with E-state index in [1.54, 1.807) is 12.1 Å². The van der Waals surface area contributed by atoms with Crippen LogP contribution in [0.3, 0.4) is 0 Å². The number of halogens is 2. The SMILES string of the molecule is O=Cc1c(F)c(F)cn1-c1ccc(-c2ccc(-c3cccc4c3Nc3ccccc3O4)cc2)cc1. The Balaban J connectivity index is 1.29. The molecule has 4 nitrogen and oxygen atoms in total. The van der Waals surface area contributed by atoms with E-state index >= 15 is 0 Å². The van der Waals surface area contributed by atoms with Gasteiger partial charge in [-0.1, -0.05) is 60.7 Å². The molecule has 0 saturated carbocycles. The Morgan fingerprint density at radius 1 is 0.743 bits per heavy atom. The van der Waals surface area contributed by atoms with Crippen LogP contribution in [-0.4, -0.2) is 10.9 Å². The lowest BCUT2D eigenvalue weighted by molar-refractivity contribution is 0.111. The molecule has 0 fully saturated rings. The highest BCUT2D eigenvalue weighted by atomic mass is 19.2. The number of rotatable bonds is 4. The molecule has 0 atom stereocenters. The van der Waals surface area contributed by atoms with Gasteiger partial charge in [-0.15, -0.1) is 0 Å². The number of ether oxygens (including phenoxy) is 1. The molecule has 0 aliphatic carbocycles. The van der Waals surface area contributed by atoms with Crippen LogP contribution in [0, 0.1) is 11.6 Å². The van der Waals surface area contributed by atoms with Crippen molar-refractivity contribution in [3.8, 4) is 39.4 Å². The summed E-state index contributed by atoms with van der Waals surface area (Å²) in [4.78, 5) is 11.2. The van der Waals surface area contributed by atoms with Gasteiger partial charge in [-0.3, -0.25) is 4.79 Å². The summed E-state index contributed by atoms with van der Waals surface area (Å²) in [7, 11) is 0. The molecular formula is C29H18F2N2O2. The second kappa shape index (κ2) is 8.25. The highest BCUT2D eigenvalue weighted by molar-refractivity contribution is 5.89. The number of carbonyl (C=O) groups is 1. The zero-order valence-corrected chi connectivity index (χ0v) is 18.3. The Hall–Kier alpha value is -4.71. The van der Waals surface area contributed by atoms with Crippen LogP contribution < -0.4 is 10.1 Å². The minimum absolute atomic E-state index is 0.311. The Bertz CT molecular complexity index is 1570. The molecule has 1 aromatic heterocycles. The van der Waals surface area contributed by atoms with Gasteiger partial charge in [0.25, 0.3) is 0 Å². The first-order chi connectivity index (χ1) is 17.1. The van der Waals surface area contributed by atoms with Crippen LogP contribution in [0.1, 0.15) is 10.5 Å². The van der Waals surface area contributed by atoms with Crippen LogP contribution in [0.2, 0.25) is 0 Å². The Morgan fingerprint density at radius 3 is 2.14 bits per heavy atom. The molecule has 4 aromatic carbocycles. The van der Waals surface area contributed by atoms with Crippen molar-refractivity contribution < 1.29 is 18.3 Å². The number of aldehydes is 1. The van der Waals surface area contributed by atoms with Crippen molar-refractivity contribution in [3.63, 3.8) is 0 Å².